The van der Waals surface area contributed by atoms with Gasteiger partial charge in [0.2, 0.25) is 0 Å². The molecule has 90 valence electrons. The Morgan fingerprint density at radius 3 is 2.69 bits per heavy atom. The van der Waals surface area contributed by atoms with Crippen LogP contribution in [0.2, 0.25) is 0 Å². The number of halogens is 1. The van der Waals surface area contributed by atoms with Crippen LogP contribution in [0, 0.1) is 6.92 Å². The molecular weight excluding hydrogens is 272 g/mol. The zero-order chi connectivity index (χ0) is 12.1. The van der Waals surface area contributed by atoms with Crippen molar-refractivity contribution < 1.29 is 9.47 Å². The number of methoxy groups -OCH3 is 2. The highest BCUT2D eigenvalue weighted by Crippen LogP contribution is 2.37. The molecule has 0 heterocycles. The predicted molar refractivity (Wildman–Crippen MR) is 70.2 cm³/mol. The van der Waals surface area contributed by atoms with Crippen LogP contribution in [-0.4, -0.2) is 27.4 Å². The van der Waals surface area contributed by atoms with E-state index in [4.69, 9.17) is 15.2 Å². The Hall–Kier alpha value is -0.940. The molecule has 1 aromatic rings. The van der Waals surface area contributed by atoms with Crippen molar-refractivity contribution in [1.29, 1.82) is 0 Å². The van der Waals surface area contributed by atoms with E-state index in [1.807, 2.05) is 13.0 Å². The maximum Gasteiger partial charge on any atom is 0.145 e. The Morgan fingerprint density at radius 2 is 2.12 bits per heavy atom. The van der Waals surface area contributed by atoms with Gasteiger partial charge in [0.15, 0.2) is 0 Å². The first kappa shape index (κ1) is 13.1. The van der Waals surface area contributed by atoms with E-state index in [1.54, 1.807) is 14.2 Å². The summed E-state index contributed by atoms with van der Waals surface area (Å²) < 4.78 is 11.2. The molecular formula is C11H17BrN2O2. The Morgan fingerprint density at radius 1 is 1.44 bits per heavy atom. The fourth-order valence-electron chi connectivity index (χ4n) is 1.37. The summed E-state index contributed by atoms with van der Waals surface area (Å²) in [5.41, 5.74) is 8.55. The lowest BCUT2D eigenvalue weighted by molar-refractivity contribution is 0.210. The fraction of sp³-hybridized carbons (Fsp3) is 0.455. The highest BCUT2D eigenvalue weighted by molar-refractivity contribution is 9.10. The maximum atomic E-state index is 6.03. The lowest BCUT2D eigenvalue weighted by Gasteiger charge is -2.16. The highest BCUT2D eigenvalue weighted by Gasteiger charge is 2.12. The first-order valence-corrected chi connectivity index (χ1v) is 5.76. The predicted octanol–water partition coefficient (Wildman–Crippen LogP) is 2.41. The Labute approximate surface area is 104 Å². The monoisotopic (exact) mass is 288 g/mol. The summed E-state index contributed by atoms with van der Waals surface area (Å²) in [7, 11) is 3.28. The molecule has 0 saturated carbocycles. The number of nitrogens with one attached hydrogen (secondary N) is 1. The smallest absolute Gasteiger partial charge is 0.145 e. The van der Waals surface area contributed by atoms with Crippen LogP contribution in [0.15, 0.2) is 10.5 Å². The van der Waals surface area contributed by atoms with Crippen molar-refractivity contribution in [2.45, 2.75) is 6.92 Å². The summed E-state index contributed by atoms with van der Waals surface area (Å²) in [4.78, 5) is 0. The van der Waals surface area contributed by atoms with Crippen molar-refractivity contribution in [1.82, 2.24) is 0 Å². The Balaban J connectivity index is 3.00. The molecule has 0 aliphatic heterocycles. The number of anilines is 2. The van der Waals surface area contributed by atoms with E-state index in [9.17, 15) is 0 Å². The SMILES string of the molecule is COCCNc1c(OC)cc(Br)c(C)c1N. The minimum Gasteiger partial charge on any atom is -0.494 e. The van der Waals surface area contributed by atoms with Gasteiger partial charge in [-0.1, -0.05) is 15.9 Å². The van der Waals surface area contributed by atoms with E-state index in [0.29, 0.717) is 18.8 Å². The molecule has 0 aliphatic rings. The van der Waals surface area contributed by atoms with Crippen LogP contribution in [-0.2, 0) is 4.74 Å². The van der Waals surface area contributed by atoms with Crippen molar-refractivity contribution in [2.75, 3.05) is 38.4 Å². The summed E-state index contributed by atoms with van der Waals surface area (Å²) in [5, 5.41) is 3.21. The van der Waals surface area contributed by atoms with Gasteiger partial charge in [0.1, 0.15) is 11.4 Å². The third-order valence-electron chi connectivity index (χ3n) is 2.36. The summed E-state index contributed by atoms with van der Waals surface area (Å²) in [6, 6.07) is 1.90. The maximum absolute atomic E-state index is 6.03. The standard InChI is InChI=1S/C11H17BrN2O2/c1-7-8(12)6-9(16-3)11(10(7)13)14-4-5-15-2/h6,14H,4-5,13H2,1-3H3. The van der Waals surface area contributed by atoms with Gasteiger partial charge in [0.05, 0.1) is 19.4 Å². The Kier molecular flexibility index (Phi) is 4.89. The van der Waals surface area contributed by atoms with Crippen LogP contribution in [0.5, 0.6) is 5.75 Å². The zero-order valence-electron chi connectivity index (χ0n) is 9.76. The lowest BCUT2D eigenvalue weighted by Crippen LogP contribution is -2.11. The third kappa shape index (κ3) is 2.80. The van der Waals surface area contributed by atoms with Crippen LogP contribution in [0.4, 0.5) is 11.4 Å². The van der Waals surface area contributed by atoms with Gasteiger partial charge in [0, 0.05) is 18.1 Å². The molecule has 0 fully saturated rings. The van der Waals surface area contributed by atoms with Crippen molar-refractivity contribution >= 4 is 27.3 Å². The van der Waals surface area contributed by atoms with Crippen molar-refractivity contribution in [3.8, 4) is 5.75 Å². The number of benzene rings is 1. The number of rotatable bonds is 5. The second kappa shape index (κ2) is 5.96. The minimum absolute atomic E-state index is 0.623. The van der Waals surface area contributed by atoms with Crippen molar-refractivity contribution in [3.63, 3.8) is 0 Å². The van der Waals surface area contributed by atoms with E-state index < -0.39 is 0 Å². The number of nitrogens with two attached hydrogens (primary N) is 1. The minimum atomic E-state index is 0.623. The van der Waals surface area contributed by atoms with Gasteiger partial charge in [-0.05, 0) is 18.6 Å². The van der Waals surface area contributed by atoms with Crippen molar-refractivity contribution in [2.24, 2.45) is 0 Å². The fourth-order valence-corrected chi connectivity index (χ4v) is 1.79. The van der Waals surface area contributed by atoms with Gasteiger partial charge < -0.3 is 20.5 Å². The van der Waals surface area contributed by atoms with Gasteiger partial charge in [-0.15, -0.1) is 0 Å². The molecule has 1 aromatic carbocycles. The van der Waals surface area contributed by atoms with Crippen LogP contribution < -0.4 is 15.8 Å². The van der Waals surface area contributed by atoms with Gasteiger partial charge >= 0.3 is 0 Å². The molecule has 16 heavy (non-hydrogen) atoms. The molecule has 0 unspecified atom stereocenters. The molecule has 1 rings (SSSR count). The van der Waals surface area contributed by atoms with Gasteiger partial charge in [-0.25, -0.2) is 0 Å². The molecule has 0 saturated heterocycles. The average molecular weight is 289 g/mol. The van der Waals surface area contributed by atoms with Crippen LogP contribution in [0.3, 0.4) is 0 Å². The second-order valence-corrected chi connectivity index (χ2v) is 4.25. The van der Waals surface area contributed by atoms with E-state index in [-0.39, 0.29) is 0 Å². The summed E-state index contributed by atoms with van der Waals surface area (Å²) >= 11 is 3.44. The van der Waals surface area contributed by atoms with Crippen molar-refractivity contribution in [3.05, 3.63) is 16.1 Å². The molecule has 4 nitrogen and oxygen atoms in total. The van der Waals surface area contributed by atoms with Gasteiger partial charge in [-0.3, -0.25) is 0 Å². The highest BCUT2D eigenvalue weighted by atomic mass is 79.9. The molecule has 5 heteroatoms. The average Bonchev–Trinajstić information content (AvgIpc) is 2.29. The summed E-state index contributed by atoms with van der Waals surface area (Å²) in [6.45, 7) is 3.27. The number of nitrogen functional groups attached to an aromatic ring is 1. The van der Waals surface area contributed by atoms with E-state index in [2.05, 4.69) is 21.2 Å². The molecule has 3 N–H and O–H groups in total. The lowest BCUT2D eigenvalue weighted by atomic mass is 10.1. The molecule has 0 amide bonds. The number of ether oxygens (including phenoxy) is 2. The van der Waals surface area contributed by atoms with Gasteiger partial charge in [0.25, 0.3) is 0 Å². The normalized spacial score (nSPS) is 10.2. The summed E-state index contributed by atoms with van der Waals surface area (Å²) in [6.07, 6.45) is 0. The Bertz CT molecular complexity index is 369. The first-order valence-electron chi connectivity index (χ1n) is 4.97. The summed E-state index contributed by atoms with van der Waals surface area (Å²) in [5.74, 6) is 0.728. The largest absolute Gasteiger partial charge is 0.494 e. The van der Waals surface area contributed by atoms with Crippen LogP contribution in [0.1, 0.15) is 5.56 Å². The first-order chi connectivity index (χ1) is 7.61. The van der Waals surface area contributed by atoms with Crippen LogP contribution >= 0.6 is 15.9 Å². The number of hydrogen-bond donors (Lipinski definition) is 2. The molecule has 0 spiro atoms. The molecule has 0 radical (unpaired) electrons. The van der Waals surface area contributed by atoms with Crippen LogP contribution in [0.25, 0.3) is 0 Å². The molecule has 0 aliphatic carbocycles. The zero-order valence-corrected chi connectivity index (χ0v) is 11.3. The molecule has 0 aromatic heterocycles. The van der Waals surface area contributed by atoms with E-state index in [0.717, 1.165) is 21.5 Å². The van der Waals surface area contributed by atoms with Gasteiger partial charge in [-0.2, -0.15) is 0 Å². The quantitative estimate of drug-likeness (QED) is 0.645. The third-order valence-corrected chi connectivity index (χ3v) is 3.19. The van der Waals surface area contributed by atoms with E-state index >= 15 is 0 Å². The molecule has 0 bridgehead atoms. The number of hydrogen-bond acceptors (Lipinski definition) is 4. The van der Waals surface area contributed by atoms with E-state index in [1.165, 1.54) is 0 Å². The second-order valence-electron chi connectivity index (χ2n) is 3.39. The molecule has 0 atom stereocenters. The topological polar surface area (TPSA) is 56.5 Å².